The minimum absolute atomic E-state index is 0.0482. The maximum atomic E-state index is 14.3. The van der Waals surface area contributed by atoms with Crippen molar-refractivity contribution in [2.24, 2.45) is 0 Å². The Morgan fingerprint density at radius 2 is 1.70 bits per heavy atom. The maximum absolute atomic E-state index is 14.3. The van der Waals surface area contributed by atoms with Crippen LogP contribution >= 0.6 is 0 Å². The van der Waals surface area contributed by atoms with Gasteiger partial charge < -0.3 is 19.7 Å². The summed E-state index contributed by atoms with van der Waals surface area (Å²) in [7, 11) is 0. The molecule has 2 heterocycles. The van der Waals surface area contributed by atoms with Crippen LogP contribution in [0.5, 0.6) is 5.75 Å². The quantitative estimate of drug-likeness (QED) is 0.876. The lowest BCUT2D eigenvalue weighted by Gasteiger charge is -2.30. The van der Waals surface area contributed by atoms with Crippen molar-refractivity contribution < 1.29 is 18.3 Å². The van der Waals surface area contributed by atoms with E-state index >= 15 is 0 Å². The van der Waals surface area contributed by atoms with Crippen LogP contribution in [0.15, 0.2) is 12.1 Å². The fraction of sp³-hybridized carbons (Fsp3) is 0.625. The SMILES string of the molecule is Fc1cc(OCCN2CCOCC2)cc(F)c1N1CCNCC1. The molecule has 1 aromatic carbocycles. The van der Waals surface area contributed by atoms with Crippen molar-refractivity contribution >= 4 is 5.69 Å². The number of ether oxygens (including phenoxy) is 2. The second-order valence-electron chi connectivity index (χ2n) is 5.78. The molecule has 2 fully saturated rings. The molecule has 0 spiro atoms. The second kappa shape index (κ2) is 7.90. The molecule has 128 valence electrons. The largest absolute Gasteiger partial charge is 0.492 e. The van der Waals surface area contributed by atoms with E-state index in [1.54, 1.807) is 4.90 Å². The Hall–Kier alpha value is -1.44. The van der Waals surface area contributed by atoms with Crippen LogP contribution < -0.4 is 15.0 Å². The molecule has 2 aliphatic heterocycles. The van der Waals surface area contributed by atoms with Gasteiger partial charge in [0.25, 0.3) is 0 Å². The summed E-state index contributed by atoms with van der Waals surface area (Å²) in [6.07, 6.45) is 0. The lowest BCUT2D eigenvalue weighted by atomic mass is 10.2. The lowest BCUT2D eigenvalue weighted by molar-refractivity contribution is 0.0322. The van der Waals surface area contributed by atoms with Crippen LogP contribution in [0.3, 0.4) is 0 Å². The highest BCUT2D eigenvalue weighted by atomic mass is 19.1. The second-order valence-corrected chi connectivity index (χ2v) is 5.78. The summed E-state index contributed by atoms with van der Waals surface area (Å²) in [4.78, 5) is 3.95. The molecule has 1 aromatic rings. The predicted molar refractivity (Wildman–Crippen MR) is 84.2 cm³/mol. The topological polar surface area (TPSA) is 37.0 Å². The van der Waals surface area contributed by atoms with Crippen LogP contribution in [0.1, 0.15) is 0 Å². The number of hydrogen-bond acceptors (Lipinski definition) is 5. The maximum Gasteiger partial charge on any atom is 0.153 e. The third-order valence-electron chi connectivity index (χ3n) is 4.20. The minimum atomic E-state index is -0.562. The summed E-state index contributed by atoms with van der Waals surface area (Å²) in [5.41, 5.74) is 0.0482. The highest BCUT2D eigenvalue weighted by Gasteiger charge is 2.20. The van der Waals surface area contributed by atoms with Gasteiger partial charge in [-0.1, -0.05) is 0 Å². The highest BCUT2D eigenvalue weighted by molar-refractivity contribution is 5.52. The third kappa shape index (κ3) is 4.31. The zero-order valence-electron chi connectivity index (χ0n) is 13.2. The number of morpholine rings is 1. The number of piperazine rings is 1. The molecule has 0 aromatic heterocycles. The van der Waals surface area contributed by atoms with Crippen LogP contribution in [0, 0.1) is 11.6 Å². The van der Waals surface area contributed by atoms with E-state index < -0.39 is 11.6 Å². The summed E-state index contributed by atoms with van der Waals surface area (Å²) >= 11 is 0. The van der Waals surface area contributed by atoms with Crippen LogP contribution in [0.4, 0.5) is 14.5 Å². The van der Waals surface area contributed by atoms with E-state index in [4.69, 9.17) is 9.47 Å². The van der Waals surface area contributed by atoms with Gasteiger partial charge in [0.15, 0.2) is 11.6 Å². The molecule has 0 amide bonds. The molecule has 1 N–H and O–H groups in total. The van der Waals surface area contributed by atoms with Crippen LogP contribution in [-0.2, 0) is 4.74 Å². The van der Waals surface area contributed by atoms with E-state index in [-0.39, 0.29) is 11.4 Å². The van der Waals surface area contributed by atoms with Gasteiger partial charge in [0, 0.05) is 57.9 Å². The third-order valence-corrected chi connectivity index (χ3v) is 4.20. The Kier molecular flexibility index (Phi) is 5.64. The first-order valence-electron chi connectivity index (χ1n) is 8.11. The number of hydrogen-bond donors (Lipinski definition) is 1. The van der Waals surface area contributed by atoms with E-state index in [1.807, 2.05) is 0 Å². The van der Waals surface area contributed by atoms with Crippen molar-refractivity contribution in [2.45, 2.75) is 0 Å². The van der Waals surface area contributed by atoms with Gasteiger partial charge in [0.2, 0.25) is 0 Å². The average Bonchev–Trinajstić information content (AvgIpc) is 2.56. The van der Waals surface area contributed by atoms with Crippen molar-refractivity contribution in [1.82, 2.24) is 10.2 Å². The molecule has 7 heteroatoms. The molecular weight excluding hydrogens is 304 g/mol. The van der Waals surface area contributed by atoms with Crippen molar-refractivity contribution in [3.8, 4) is 5.75 Å². The first-order valence-corrected chi connectivity index (χ1v) is 8.11. The van der Waals surface area contributed by atoms with Gasteiger partial charge in [-0.2, -0.15) is 0 Å². The standard InChI is InChI=1S/C16H23F2N3O2/c17-14-11-13(23-10-7-20-5-8-22-9-6-20)12-15(18)16(14)21-3-1-19-2-4-21/h11-12,19H,1-10H2. The smallest absolute Gasteiger partial charge is 0.153 e. The summed E-state index contributed by atoms with van der Waals surface area (Å²) in [5, 5.41) is 3.17. The zero-order chi connectivity index (χ0) is 16.1. The van der Waals surface area contributed by atoms with Crippen LogP contribution in [0.25, 0.3) is 0 Å². The number of nitrogens with zero attached hydrogens (tertiary/aromatic N) is 2. The zero-order valence-corrected chi connectivity index (χ0v) is 13.2. The first-order chi connectivity index (χ1) is 11.2. The van der Waals surface area contributed by atoms with Gasteiger partial charge in [-0.3, -0.25) is 4.90 Å². The molecule has 0 unspecified atom stereocenters. The van der Waals surface area contributed by atoms with Gasteiger partial charge >= 0.3 is 0 Å². The van der Waals surface area contributed by atoms with Crippen molar-refractivity contribution in [3.63, 3.8) is 0 Å². The number of benzene rings is 1. The summed E-state index contributed by atoms with van der Waals surface area (Å²) in [6, 6.07) is 2.56. The summed E-state index contributed by atoms with van der Waals surface area (Å²) < 4.78 is 39.3. The van der Waals surface area contributed by atoms with E-state index in [0.29, 0.717) is 19.7 Å². The van der Waals surface area contributed by atoms with E-state index in [0.717, 1.165) is 45.9 Å². The van der Waals surface area contributed by atoms with Gasteiger partial charge in [-0.25, -0.2) is 8.78 Å². The van der Waals surface area contributed by atoms with Gasteiger partial charge in [0.05, 0.1) is 13.2 Å². The molecular formula is C16H23F2N3O2. The van der Waals surface area contributed by atoms with Crippen LogP contribution in [0.2, 0.25) is 0 Å². The predicted octanol–water partition coefficient (Wildman–Crippen LogP) is 1.09. The molecule has 0 atom stereocenters. The normalized spacial score (nSPS) is 19.8. The highest BCUT2D eigenvalue weighted by Crippen LogP contribution is 2.28. The van der Waals surface area contributed by atoms with Gasteiger partial charge in [0.1, 0.15) is 18.0 Å². The molecule has 0 saturated carbocycles. The molecule has 3 rings (SSSR count). The minimum Gasteiger partial charge on any atom is -0.492 e. The number of rotatable bonds is 5. The van der Waals surface area contributed by atoms with Crippen LogP contribution in [-0.4, -0.2) is 70.5 Å². The molecule has 5 nitrogen and oxygen atoms in total. The van der Waals surface area contributed by atoms with Crippen molar-refractivity contribution in [2.75, 3.05) is 70.5 Å². The summed E-state index contributed by atoms with van der Waals surface area (Å²) in [6.45, 7) is 6.99. The fourth-order valence-corrected chi connectivity index (χ4v) is 2.93. The average molecular weight is 327 g/mol. The fourth-order valence-electron chi connectivity index (χ4n) is 2.93. The Morgan fingerprint density at radius 1 is 1.04 bits per heavy atom. The number of anilines is 1. The molecule has 0 bridgehead atoms. The first kappa shape index (κ1) is 16.4. The van der Waals surface area contributed by atoms with E-state index in [1.165, 1.54) is 12.1 Å². The summed E-state index contributed by atoms with van der Waals surface area (Å²) in [5.74, 6) is -0.881. The lowest BCUT2D eigenvalue weighted by Crippen LogP contribution is -2.44. The Bertz CT molecular complexity index is 495. The van der Waals surface area contributed by atoms with Gasteiger partial charge in [-0.15, -0.1) is 0 Å². The molecule has 2 saturated heterocycles. The molecule has 0 radical (unpaired) electrons. The van der Waals surface area contributed by atoms with E-state index in [2.05, 4.69) is 10.2 Å². The number of nitrogens with one attached hydrogen (secondary N) is 1. The number of halogens is 2. The Labute approximate surface area is 135 Å². The van der Waals surface area contributed by atoms with Crippen molar-refractivity contribution in [1.29, 1.82) is 0 Å². The van der Waals surface area contributed by atoms with Crippen molar-refractivity contribution in [3.05, 3.63) is 23.8 Å². The van der Waals surface area contributed by atoms with E-state index in [9.17, 15) is 8.78 Å². The molecule has 2 aliphatic rings. The van der Waals surface area contributed by atoms with Gasteiger partial charge in [-0.05, 0) is 0 Å². The molecule has 0 aliphatic carbocycles. The monoisotopic (exact) mass is 327 g/mol. The molecule has 23 heavy (non-hydrogen) atoms. The Balaban J connectivity index is 1.57. The Morgan fingerprint density at radius 3 is 2.35 bits per heavy atom.